The molecular formula is C22H23N7O2. The molecule has 3 N–H and O–H groups in total. The van der Waals surface area contributed by atoms with Gasteiger partial charge in [0.25, 0.3) is 0 Å². The number of fused-ring (bicyclic) bond motifs is 2. The molecule has 0 bridgehead atoms. The molecule has 0 aliphatic carbocycles. The van der Waals surface area contributed by atoms with Gasteiger partial charge in [-0.15, -0.1) is 0 Å². The fraction of sp³-hybridized carbons (Fsp3) is 0.364. The zero-order chi connectivity index (χ0) is 21.6. The molecular weight excluding hydrogens is 394 g/mol. The van der Waals surface area contributed by atoms with Gasteiger partial charge in [0.2, 0.25) is 11.8 Å². The van der Waals surface area contributed by atoms with Gasteiger partial charge < -0.3 is 20.5 Å². The highest BCUT2D eigenvalue weighted by Crippen LogP contribution is 2.41. The summed E-state index contributed by atoms with van der Waals surface area (Å²) >= 11 is 0. The summed E-state index contributed by atoms with van der Waals surface area (Å²) in [7, 11) is 0. The van der Waals surface area contributed by atoms with E-state index in [2.05, 4.69) is 31.8 Å². The quantitative estimate of drug-likeness (QED) is 0.593. The molecule has 2 aliphatic heterocycles. The van der Waals surface area contributed by atoms with Crippen molar-refractivity contribution in [2.45, 2.75) is 38.3 Å². The van der Waals surface area contributed by atoms with E-state index in [9.17, 15) is 10.4 Å². The van der Waals surface area contributed by atoms with E-state index in [0.29, 0.717) is 35.3 Å². The molecule has 1 unspecified atom stereocenters. The lowest BCUT2D eigenvalue weighted by Gasteiger charge is -2.22. The lowest BCUT2D eigenvalue weighted by Crippen LogP contribution is -2.28. The summed E-state index contributed by atoms with van der Waals surface area (Å²) in [5, 5.41) is 30.4. The van der Waals surface area contributed by atoms with Crippen LogP contribution in [0.15, 0.2) is 30.6 Å². The van der Waals surface area contributed by atoms with Gasteiger partial charge in [-0.2, -0.15) is 10.4 Å². The number of nitrogens with zero attached hydrogens (tertiary/aromatic N) is 5. The van der Waals surface area contributed by atoms with Gasteiger partial charge in [0.1, 0.15) is 11.8 Å². The monoisotopic (exact) mass is 417 g/mol. The summed E-state index contributed by atoms with van der Waals surface area (Å²) in [6.45, 7) is 5.39. The summed E-state index contributed by atoms with van der Waals surface area (Å²) in [4.78, 5) is 8.99. The van der Waals surface area contributed by atoms with Crippen molar-refractivity contribution in [2.24, 2.45) is 0 Å². The third-order valence-electron chi connectivity index (χ3n) is 5.96. The number of nitrogens with one attached hydrogen (secondary N) is 2. The van der Waals surface area contributed by atoms with Crippen molar-refractivity contribution >= 4 is 17.3 Å². The first-order valence-electron chi connectivity index (χ1n) is 10.3. The number of aromatic nitrogens is 4. The van der Waals surface area contributed by atoms with E-state index in [4.69, 9.17) is 4.74 Å². The van der Waals surface area contributed by atoms with Gasteiger partial charge in [-0.1, -0.05) is 6.92 Å². The molecule has 0 fully saturated rings. The van der Waals surface area contributed by atoms with E-state index in [1.54, 1.807) is 18.5 Å². The van der Waals surface area contributed by atoms with E-state index >= 15 is 0 Å². The van der Waals surface area contributed by atoms with E-state index in [1.165, 1.54) is 0 Å². The summed E-state index contributed by atoms with van der Waals surface area (Å²) in [6.07, 6.45) is 4.43. The zero-order valence-electron chi connectivity index (χ0n) is 17.4. The summed E-state index contributed by atoms with van der Waals surface area (Å²) < 4.78 is 7.75. The van der Waals surface area contributed by atoms with Gasteiger partial charge >= 0.3 is 0 Å². The first-order valence-corrected chi connectivity index (χ1v) is 10.3. The number of aliphatic hydroxyl groups is 1. The van der Waals surface area contributed by atoms with Crippen LogP contribution < -0.4 is 15.4 Å². The normalized spacial score (nSPS) is 21.4. The van der Waals surface area contributed by atoms with Gasteiger partial charge in [0.15, 0.2) is 0 Å². The minimum atomic E-state index is -0.448. The number of aliphatic hydroxyl groups excluding tert-OH is 1. The minimum Gasteiger partial charge on any atom is -0.473 e. The minimum absolute atomic E-state index is 0.0108. The van der Waals surface area contributed by atoms with Crippen molar-refractivity contribution in [2.75, 3.05) is 23.8 Å². The molecule has 0 spiro atoms. The Morgan fingerprint density at radius 1 is 1.45 bits per heavy atom. The van der Waals surface area contributed by atoms with Crippen molar-refractivity contribution in [3.8, 4) is 23.2 Å². The van der Waals surface area contributed by atoms with Crippen LogP contribution >= 0.6 is 0 Å². The predicted molar refractivity (Wildman–Crippen MR) is 115 cm³/mol. The molecule has 2 aliphatic rings. The number of hydrogen-bond donors (Lipinski definition) is 3. The number of ether oxygens (including phenoxy) is 1. The number of hydrogen-bond acceptors (Lipinski definition) is 8. The second-order valence-corrected chi connectivity index (χ2v) is 8.32. The summed E-state index contributed by atoms with van der Waals surface area (Å²) in [5.74, 6) is 1.10. The van der Waals surface area contributed by atoms with Gasteiger partial charge in [-0.3, -0.25) is 0 Å². The van der Waals surface area contributed by atoms with Crippen LogP contribution in [0, 0.1) is 11.3 Å². The van der Waals surface area contributed by atoms with E-state index in [0.717, 1.165) is 29.8 Å². The zero-order valence-corrected chi connectivity index (χ0v) is 17.4. The van der Waals surface area contributed by atoms with Crippen LogP contribution in [0.2, 0.25) is 0 Å². The first kappa shape index (κ1) is 19.3. The average molecular weight is 417 g/mol. The molecule has 0 radical (unpaired) electrons. The maximum absolute atomic E-state index is 9.92. The molecule has 31 heavy (non-hydrogen) atoms. The highest BCUT2D eigenvalue weighted by Gasteiger charge is 2.36. The van der Waals surface area contributed by atoms with Crippen LogP contribution in [0.1, 0.15) is 31.4 Å². The fourth-order valence-electron chi connectivity index (χ4n) is 4.06. The van der Waals surface area contributed by atoms with Crippen molar-refractivity contribution in [3.63, 3.8) is 0 Å². The Bertz CT molecular complexity index is 1200. The Morgan fingerprint density at radius 2 is 2.32 bits per heavy atom. The largest absolute Gasteiger partial charge is 0.473 e. The maximum atomic E-state index is 9.92. The lowest BCUT2D eigenvalue weighted by atomic mass is 9.83. The summed E-state index contributed by atoms with van der Waals surface area (Å²) in [6, 6.07) is 7.87. The molecule has 9 heteroatoms. The molecule has 0 saturated carbocycles. The lowest BCUT2D eigenvalue weighted by molar-refractivity contribution is 0.150. The standard InChI is InChI=1S/C22H23N7O2/c1-13-4-6-29-20(31-13)18(10-26-29)28-21-24-5-3-17(27-21)14-7-15(9-23)19-16(8-14)22(2,12-30)11-25-19/h3,5,7-8,10,13,25,30H,4,6,11-12H2,1-2H3,(H,24,27,28)/t13?,22-/m1/s1. The second-order valence-electron chi connectivity index (χ2n) is 8.32. The van der Waals surface area contributed by atoms with Crippen LogP contribution in [-0.4, -0.2) is 44.1 Å². The molecule has 3 aromatic rings. The Kier molecular flexibility index (Phi) is 4.52. The SMILES string of the molecule is CC1CCn2ncc(Nc3nccc(-c4cc(C#N)c5c(c4)[C@@](C)(CO)CN5)n3)c2O1. The third kappa shape index (κ3) is 3.25. The van der Waals surface area contributed by atoms with Gasteiger partial charge in [0, 0.05) is 36.7 Å². The molecule has 158 valence electrons. The van der Waals surface area contributed by atoms with E-state index < -0.39 is 5.41 Å². The summed E-state index contributed by atoms with van der Waals surface area (Å²) in [5.41, 5.74) is 3.98. The molecule has 4 heterocycles. The molecule has 0 amide bonds. The molecule has 0 saturated heterocycles. The number of aryl methyl sites for hydroxylation is 1. The Balaban J connectivity index is 1.50. The van der Waals surface area contributed by atoms with Gasteiger partial charge in [0.05, 0.1) is 35.9 Å². The van der Waals surface area contributed by atoms with E-state index in [-0.39, 0.29) is 12.7 Å². The molecule has 2 atom stereocenters. The fourth-order valence-corrected chi connectivity index (χ4v) is 4.06. The van der Waals surface area contributed by atoms with Crippen molar-refractivity contribution in [1.29, 1.82) is 5.26 Å². The smallest absolute Gasteiger partial charge is 0.236 e. The van der Waals surface area contributed by atoms with Crippen molar-refractivity contribution < 1.29 is 9.84 Å². The number of benzene rings is 1. The van der Waals surface area contributed by atoms with Crippen LogP contribution in [0.3, 0.4) is 0 Å². The van der Waals surface area contributed by atoms with Crippen LogP contribution in [0.5, 0.6) is 5.88 Å². The third-order valence-corrected chi connectivity index (χ3v) is 5.96. The van der Waals surface area contributed by atoms with Crippen molar-refractivity contribution in [1.82, 2.24) is 19.7 Å². The molecule has 1 aromatic carbocycles. The highest BCUT2D eigenvalue weighted by atomic mass is 16.5. The predicted octanol–water partition coefficient (Wildman–Crippen LogP) is 2.80. The second kappa shape index (κ2) is 7.25. The Labute approximate surface area is 179 Å². The number of nitriles is 1. The van der Waals surface area contributed by atoms with Crippen molar-refractivity contribution in [3.05, 3.63) is 41.7 Å². The molecule has 9 nitrogen and oxygen atoms in total. The Morgan fingerprint density at radius 3 is 3.13 bits per heavy atom. The van der Waals surface area contributed by atoms with Gasteiger partial charge in [-0.05, 0) is 30.7 Å². The topological polar surface area (TPSA) is 121 Å². The number of anilines is 3. The molecule has 5 rings (SSSR count). The molecule has 2 aromatic heterocycles. The first-order chi connectivity index (χ1) is 15.0. The maximum Gasteiger partial charge on any atom is 0.236 e. The van der Waals surface area contributed by atoms with Crippen LogP contribution in [-0.2, 0) is 12.0 Å². The van der Waals surface area contributed by atoms with E-state index in [1.807, 2.05) is 30.7 Å². The Hall–Kier alpha value is -3.64. The highest BCUT2D eigenvalue weighted by molar-refractivity contribution is 5.76. The van der Waals surface area contributed by atoms with Gasteiger partial charge in [-0.25, -0.2) is 14.6 Å². The van der Waals surface area contributed by atoms with Crippen LogP contribution in [0.4, 0.5) is 17.3 Å². The average Bonchev–Trinajstić information content (AvgIpc) is 3.34. The van der Waals surface area contributed by atoms with Crippen LogP contribution in [0.25, 0.3) is 11.3 Å². The number of rotatable bonds is 4.